The summed E-state index contributed by atoms with van der Waals surface area (Å²) in [6.45, 7) is 0. The number of hydrogen-bond donors (Lipinski definition) is 3. The average molecular weight is 287 g/mol. The van der Waals surface area contributed by atoms with Gasteiger partial charge < -0.3 is 16.2 Å². The van der Waals surface area contributed by atoms with E-state index >= 15 is 0 Å². The lowest BCUT2D eigenvalue weighted by Crippen LogP contribution is -2.28. The van der Waals surface area contributed by atoms with Crippen LogP contribution in [0.1, 0.15) is 25.7 Å². The number of nitrogens with one attached hydrogen (secondary N) is 1. The Labute approximate surface area is 103 Å². The maximum Gasteiger partial charge on any atom is 0.221 e. The van der Waals surface area contributed by atoms with Crippen LogP contribution in [0.25, 0.3) is 0 Å². The van der Waals surface area contributed by atoms with Crippen molar-refractivity contribution in [2.24, 2.45) is 0 Å². The molecule has 5 nitrogen and oxygen atoms in total. The predicted octanol–water partition coefficient (Wildman–Crippen LogP) is 1.54. The molecule has 1 heterocycles. The maximum atomic E-state index is 9.41. The summed E-state index contributed by atoms with van der Waals surface area (Å²) in [4.78, 5) is 8.02. The second-order valence-corrected chi connectivity index (χ2v) is 4.93. The number of aromatic nitrogens is 2. The van der Waals surface area contributed by atoms with E-state index in [0.29, 0.717) is 6.04 Å². The third kappa shape index (κ3) is 2.82. The van der Waals surface area contributed by atoms with Crippen LogP contribution in [0.3, 0.4) is 0 Å². The van der Waals surface area contributed by atoms with Gasteiger partial charge in [-0.25, -0.2) is 4.98 Å². The number of anilines is 2. The third-order valence-corrected chi connectivity index (χ3v) is 3.38. The normalized spacial score (nSPS) is 25.4. The Balaban J connectivity index is 2.00. The molecule has 6 heteroatoms. The van der Waals surface area contributed by atoms with Crippen molar-refractivity contribution in [3.05, 3.63) is 10.7 Å². The van der Waals surface area contributed by atoms with Gasteiger partial charge >= 0.3 is 0 Å². The van der Waals surface area contributed by atoms with Gasteiger partial charge in [-0.15, -0.1) is 0 Å². The van der Waals surface area contributed by atoms with Crippen molar-refractivity contribution in [3.63, 3.8) is 0 Å². The fourth-order valence-corrected chi connectivity index (χ4v) is 2.20. The summed E-state index contributed by atoms with van der Waals surface area (Å²) in [6, 6.07) is 0.356. The summed E-state index contributed by atoms with van der Waals surface area (Å²) in [5.41, 5.74) is 5.53. The summed E-state index contributed by atoms with van der Waals surface area (Å²) in [5, 5.41) is 12.7. The van der Waals surface area contributed by atoms with Crippen molar-refractivity contribution in [1.82, 2.24) is 9.97 Å². The number of hydrogen-bond acceptors (Lipinski definition) is 5. The minimum atomic E-state index is -0.142. The van der Waals surface area contributed by atoms with Crippen molar-refractivity contribution in [2.75, 3.05) is 11.1 Å². The van der Waals surface area contributed by atoms with E-state index in [4.69, 9.17) is 5.73 Å². The monoisotopic (exact) mass is 286 g/mol. The second-order valence-electron chi connectivity index (χ2n) is 4.07. The SMILES string of the molecule is Nc1ncc(Br)c(NC2CCC(O)CC2)n1. The van der Waals surface area contributed by atoms with Crippen molar-refractivity contribution < 1.29 is 5.11 Å². The molecule has 0 aliphatic heterocycles. The van der Waals surface area contributed by atoms with Gasteiger partial charge in [0.25, 0.3) is 0 Å². The van der Waals surface area contributed by atoms with E-state index in [9.17, 15) is 5.11 Å². The van der Waals surface area contributed by atoms with Crippen molar-refractivity contribution in [2.45, 2.75) is 37.8 Å². The lowest BCUT2D eigenvalue weighted by molar-refractivity contribution is 0.126. The molecule has 1 aromatic rings. The molecular weight excluding hydrogens is 272 g/mol. The van der Waals surface area contributed by atoms with E-state index in [1.54, 1.807) is 6.20 Å². The van der Waals surface area contributed by atoms with Gasteiger partial charge in [-0.3, -0.25) is 0 Å². The van der Waals surface area contributed by atoms with Gasteiger partial charge in [0.15, 0.2) is 0 Å². The molecule has 1 aliphatic rings. The zero-order chi connectivity index (χ0) is 11.5. The molecule has 1 fully saturated rings. The highest BCUT2D eigenvalue weighted by molar-refractivity contribution is 9.10. The molecule has 1 aromatic heterocycles. The van der Waals surface area contributed by atoms with Crippen molar-refractivity contribution in [1.29, 1.82) is 0 Å². The van der Waals surface area contributed by atoms with E-state index in [1.807, 2.05) is 0 Å². The average Bonchev–Trinajstić information content (AvgIpc) is 2.27. The summed E-state index contributed by atoms with van der Waals surface area (Å²) in [5.74, 6) is 0.996. The van der Waals surface area contributed by atoms with E-state index in [-0.39, 0.29) is 12.1 Å². The molecule has 4 N–H and O–H groups in total. The van der Waals surface area contributed by atoms with Crippen molar-refractivity contribution in [3.8, 4) is 0 Å². The Bertz CT molecular complexity index is 366. The predicted molar refractivity (Wildman–Crippen MR) is 66.0 cm³/mol. The van der Waals surface area contributed by atoms with Gasteiger partial charge in [-0.1, -0.05) is 0 Å². The van der Waals surface area contributed by atoms with Crippen LogP contribution in [-0.2, 0) is 0 Å². The Hall–Kier alpha value is -0.880. The molecule has 0 amide bonds. The molecule has 1 saturated carbocycles. The molecule has 0 spiro atoms. The number of halogens is 1. The van der Waals surface area contributed by atoms with Gasteiger partial charge in [-0.2, -0.15) is 4.98 Å². The maximum absolute atomic E-state index is 9.41. The largest absolute Gasteiger partial charge is 0.393 e. The van der Waals surface area contributed by atoms with Gasteiger partial charge in [0.05, 0.1) is 10.6 Å². The van der Waals surface area contributed by atoms with E-state index in [1.165, 1.54) is 0 Å². The van der Waals surface area contributed by atoms with E-state index in [0.717, 1.165) is 36.0 Å². The van der Waals surface area contributed by atoms with E-state index < -0.39 is 0 Å². The number of aliphatic hydroxyl groups is 1. The van der Waals surface area contributed by atoms with Crippen LogP contribution in [-0.4, -0.2) is 27.2 Å². The molecule has 0 atom stereocenters. The van der Waals surface area contributed by atoms with Crippen LogP contribution in [0.4, 0.5) is 11.8 Å². The first-order valence-electron chi connectivity index (χ1n) is 5.38. The molecule has 0 saturated heterocycles. The molecule has 0 bridgehead atoms. The Morgan fingerprint density at radius 2 is 2.06 bits per heavy atom. The molecule has 2 rings (SSSR count). The van der Waals surface area contributed by atoms with Crippen LogP contribution < -0.4 is 11.1 Å². The first kappa shape index (κ1) is 11.6. The molecule has 1 aliphatic carbocycles. The molecule has 0 radical (unpaired) electrons. The quantitative estimate of drug-likeness (QED) is 0.768. The van der Waals surface area contributed by atoms with Crippen LogP contribution >= 0.6 is 15.9 Å². The fraction of sp³-hybridized carbons (Fsp3) is 0.600. The summed E-state index contributed by atoms with van der Waals surface area (Å²) in [7, 11) is 0. The lowest BCUT2D eigenvalue weighted by Gasteiger charge is -2.26. The zero-order valence-electron chi connectivity index (χ0n) is 8.86. The number of nitrogens with zero attached hydrogens (tertiary/aromatic N) is 2. The zero-order valence-corrected chi connectivity index (χ0v) is 10.4. The fourth-order valence-electron chi connectivity index (χ4n) is 1.90. The van der Waals surface area contributed by atoms with Crippen molar-refractivity contribution >= 4 is 27.7 Å². The highest BCUT2D eigenvalue weighted by Crippen LogP contribution is 2.25. The standard InChI is InChI=1S/C10H15BrN4O/c11-8-5-13-10(12)15-9(8)14-6-1-3-7(16)4-2-6/h5-7,16H,1-4H2,(H3,12,13,14,15). The molecule has 0 unspecified atom stereocenters. The summed E-state index contributed by atoms with van der Waals surface area (Å²) < 4.78 is 0.813. The highest BCUT2D eigenvalue weighted by atomic mass is 79.9. The topological polar surface area (TPSA) is 84.1 Å². The molecule has 88 valence electrons. The number of nitrogens with two attached hydrogens (primary N) is 1. The van der Waals surface area contributed by atoms with E-state index in [2.05, 4.69) is 31.2 Å². The first-order chi connectivity index (χ1) is 7.65. The van der Waals surface area contributed by atoms with Crippen LogP contribution in [0.5, 0.6) is 0 Å². The Morgan fingerprint density at radius 1 is 1.38 bits per heavy atom. The van der Waals surface area contributed by atoms with Gasteiger partial charge in [0.2, 0.25) is 5.95 Å². The van der Waals surface area contributed by atoms with Crippen LogP contribution in [0.2, 0.25) is 0 Å². The summed E-state index contributed by atoms with van der Waals surface area (Å²) >= 11 is 3.38. The first-order valence-corrected chi connectivity index (χ1v) is 6.17. The minimum absolute atomic E-state index is 0.142. The number of aliphatic hydroxyl groups excluding tert-OH is 1. The molecular formula is C10H15BrN4O. The number of nitrogen functional groups attached to an aromatic ring is 1. The van der Waals surface area contributed by atoms with Gasteiger partial charge in [0.1, 0.15) is 5.82 Å². The third-order valence-electron chi connectivity index (χ3n) is 2.80. The molecule has 0 aromatic carbocycles. The second kappa shape index (κ2) is 4.97. The van der Waals surface area contributed by atoms with Crippen LogP contribution in [0, 0.1) is 0 Å². The molecule has 16 heavy (non-hydrogen) atoms. The smallest absolute Gasteiger partial charge is 0.221 e. The van der Waals surface area contributed by atoms with Gasteiger partial charge in [-0.05, 0) is 41.6 Å². The lowest BCUT2D eigenvalue weighted by atomic mass is 9.93. The number of rotatable bonds is 2. The van der Waals surface area contributed by atoms with Gasteiger partial charge in [0, 0.05) is 12.2 Å². The Kier molecular flexibility index (Phi) is 3.60. The highest BCUT2D eigenvalue weighted by Gasteiger charge is 2.20. The minimum Gasteiger partial charge on any atom is -0.393 e. The van der Waals surface area contributed by atoms with Crippen LogP contribution in [0.15, 0.2) is 10.7 Å². The Morgan fingerprint density at radius 3 is 2.75 bits per heavy atom. The summed E-state index contributed by atoms with van der Waals surface area (Å²) in [6.07, 6.45) is 5.10.